The predicted molar refractivity (Wildman–Crippen MR) is 93.3 cm³/mol. The Bertz CT molecular complexity index is 708. The van der Waals surface area contributed by atoms with Gasteiger partial charge in [-0.25, -0.2) is 0 Å². The number of nitrogens with one attached hydrogen (secondary N) is 1. The second-order valence-electron chi connectivity index (χ2n) is 6.06. The molecule has 0 saturated carbocycles. The van der Waals surface area contributed by atoms with Crippen LogP contribution in [0.3, 0.4) is 0 Å². The van der Waals surface area contributed by atoms with Crippen LogP contribution in [0.2, 0.25) is 0 Å². The zero-order chi connectivity index (χ0) is 16.8. The van der Waals surface area contributed by atoms with Crippen molar-refractivity contribution in [2.24, 2.45) is 0 Å². The van der Waals surface area contributed by atoms with Crippen LogP contribution in [-0.2, 0) is 16.0 Å². The van der Waals surface area contributed by atoms with Crippen molar-refractivity contribution in [2.75, 3.05) is 6.61 Å². The van der Waals surface area contributed by atoms with E-state index in [0.29, 0.717) is 18.8 Å². The molecule has 0 bridgehead atoms. The summed E-state index contributed by atoms with van der Waals surface area (Å²) in [5.41, 5.74) is 3.39. The summed E-state index contributed by atoms with van der Waals surface area (Å²) in [6.45, 7) is 2.67. The Morgan fingerprint density at radius 3 is 2.79 bits per heavy atom. The number of carbonyl (C=O) groups is 1. The zero-order valence-corrected chi connectivity index (χ0v) is 13.9. The van der Waals surface area contributed by atoms with Crippen molar-refractivity contribution in [2.45, 2.75) is 32.2 Å². The van der Waals surface area contributed by atoms with Crippen molar-refractivity contribution >= 4 is 5.91 Å². The second-order valence-corrected chi connectivity index (χ2v) is 6.06. The molecule has 3 rings (SSSR count). The SMILES string of the molecule is Cc1ccc(C[C@H](NC(=O)C2=CCCCO2)c2cccnc2)cc1. The Morgan fingerprint density at radius 1 is 1.29 bits per heavy atom. The quantitative estimate of drug-likeness (QED) is 0.917. The summed E-state index contributed by atoms with van der Waals surface area (Å²) in [7, 11) is 0. The van der Waals surface area contributed by atoms with Gasteiger partial charge >= 0.3 is 0 Å². The fraction of sp³-hybridized carbons (Fsp3) is 0.300. The van der Waals surface area contributed by atoms with E-state index in [1.807, 2.05) is 18.2 Å². The van der Waals surface area contributed by atoms with Gasteiger partial charge in [0.15, 0.2) is 5.76 Å². The van der Waals surface area contributed by atoms with E-state index in [2.05, 4.69) is 41.5 Å². The molecule has 1 amide bonds. The topological polar surface area (TPSA) is 51.2 Å². The molecule has 4 heteroatoms. The Kier molecular flexibility index (Phi) is 5.26. The predicted octanol–water partition coefficient (Wildman–Crippen LogP) is 3.48. The van der Waals surface area contributed by atoms with Crippen molar-refractivity contribution in [1.82, 2.24) is 10.3 Å². The van der Waals surface area contributed by atoms with Crippen LogP contribution in [0.25, 0.3) is 0 Å². The lowest BCUT2D eigenvalue weighted by Crippen LogP contribution is -2.32. The Balaban J connectivity index is 1.78. The van der Waals surface area contributed by atoms with Gasteiger partial charge in [0.25, 0.3) is 5.91 Å². The number of benzene rings is 1. The maximum absolute atomic E-state index is 12.5. The average Bonchev–Trinajstić information content (AvgIpc) is 2.64. The summed E-state index contributed by atoms with van der Waals surface area (Å²) >= 11 is 0. The fourth-order valence-electron chi connectivity index (χ4n) is 2.74. The first-order valence-electron chi connectivity index (χ1n) is 8.31. The first kappa shape index (κ1) is 16.2. The third-order valence-corrected chi connectivity index (χ3v) is 4.11. The van der Waals surface area contributed by atoms with E-state index in [1.165, 1.54) is 11.1 Å². The van der Waals surface area contributed by atoms with E-state index in [-0.39, 0.29) is 11.9 Å². The molecule has 0 spiro atoms. The van der Waals surface area contributed by atoms with E-state index in [9.17, 15) is 4.79 Å². The largest absolute Gasteiger partial charge is 0.488 e. The minimum atomic E-state index is -0.157. The highest BCUT2D eigenvalue weighted by Gasteiger charge is 2.20. The number of allylic oxidation sites excluding steroid dienone is 1. The molecule has 4 nitrogen and oxygen atoms in total. The second kappa shape index (κ2) is 7.77. The maximum atomic E-state index is 12.5. The summed E-state index contributed by atoms with van der Waals surface area (Å²) in [6, 6.07) is 12.1. The van der Waals surface area contributed by atoms with Crippen molar-refractivity contribution < 1.29 is 9.53 Å². The molecule has 1 aliphatic heterocycles. The normalized spacial score (nSPS) is 15.1. The first-order valence-corrected chi connectivity index (χ1v) is 8.31. The van der Waals surface area contributed by atoms with Crippen LogP contribution in [0.1, 0.15) is 35.6 Å². The van der Waals surface area contributed by atoms with E-state index in [0.717, 1.165) is 18.4 Å². The van der Waals surface area contributed by atoms with Gasteiger partial charge in [-0.3, -0.25) is 9.78 Å². The number of hydrogen-bond donors (Lipinski definition) is 1. The summed E-state index contributed by atoms with van der Waals surface area (Å²) in [5, 5.41) is 3.09. The number of pyridine rings is 1. The molecule has 124 valence electrons. The summed E-state index contributed by atoms with van der Waals surface area (Å²) in [5.74, 6) is 0.273. The number of rotatable bonds is 5. The number of nitrogens with zero attached hydrogens (tertiary/aromatic N) is 1. The number of carbonyl (C=O) groups excluding carboxylic acids is 1. The molecule has 1 N–H and O–H groups in total. The van der Waals surface area contributed by atoms with Crippen LogP contribution in [0.5, 0.6) is 0 Å². The molecule has 0 aliphatic carbocycles. The molecule has 2 aromatic rings. The molecule has 0 radical (unpaired) electrons. The van der Waals surface area contributed by atoms with Gasteiger partial charge in [0.05, 0.1) is 12.6 Å². The van der Waals surface area contributed by atoms with Crippen molar-refractivity contribution in [3.05, 3.63) is 77.3 Å². The van der Waals surface area contributed by atoms with Crippen LogP contribution < -0.4 is 5.32 Å². The van der Waals surface area contributed by atoms with Gasteiger partial charge in [0.1, 0.15) is 0 Å². The molecule has 0 saturated heterocycles. The summed E-state index contributed by atoms with van der Waals surface area (Å²) < 4.78 is 5.48. The van der Waals surface area contributed by atoms with Gasteiger partial charge in [0, 0.05) is 12.4 Å². The number of amides is 1. The Morgan fingerprint density at radius 2 is 2.12 bits per heavy atom. The van der Waals surface area contributed by atoms with E-state index < -0.39 is 0 Å². The van der Waals surface area contributed by atoms with Crippen LogP contribution in [0.15, 0.2) is 60.6 Å². The number of aryl methyl sites for hydroxylation is 1. The molecule has 0 fully saturated rings. The number of hydrogen-bond acceptors (Lipinski definition) is 3. The third kappa shape index (κ3) is 4.22. The molecule has 1 aliphatic rings. The van der Waals surface area contributed by atoms with E-state index in [1.54, 1.807) is 12.4 Å². The zero-order valence-electron chi connectivity index (χ0n) is 13.9. The summed E-state index contributed by atoms with van der Waals surface area (Å²) in [4.78, 5) is 16.7. The summed E-state index contributed by atoms with van der Waals surface area (Å²) in [6.07, 6.45) is 7.97. The molecular weight excluding hydrogens is 300 g/mol. The van der Waals surface area contributed by atoms with Gasteiger partial charge in [0.2, 0.25) is 0 Å². The van der Waals surface area contributed by atoms with Gasteiger partial charge in [-0.05, 0) is 49.5 Å². The lowest BCUT2D eigenvalue weighted by atomic mass is 9.99. The fourth-order valence-corrected chi connectivity index (χ4v) is 2.74. The highest BCUT2D eigenvalue weighted by Crippen LogP contribution is 2.20. The van der Waals surface area contributed by atoms with Crippen LogP contribution in [0.4, 0.5) is 0 Å². The van der Waals surface area contributed by atoms with Gasteiger partial charge < -0.3 is 10.1 Å². The minimum Gasteiger partial charge on any atom is -0.488 e. The van der Waals surface area contributed by atoms with Gasteiger partial charge in [-0.2, -0.15) is 0 Å². The van der Waals surface area contributed by atoms with Crippen LogP contribution in [0, 0.1) is 6.92 Å². The molecule has 0 unspecified atom stereocenters. The molecule has 1 atom stereocenters. The molecule has 2 heterocycles. The highest BCUT2D eigenvalue weighted by atomic mass is 16.5. The van der Waals surface area contributed by atoms with Crippen LogP contribution >= 0.6 is 0 Å². The highest BCUT2D eigenvalue weighted by molar-refractivity contribution is 5.91. The molecule has 1 aromatic carbocycles. The van der Waals surface area contributed by atoms with Crippen LogP contribution in [-0.4, -0.2) is 17.5 Å². The number of ether oxygens (including phenoxy) is 1. The first-order chi connectivity index (χ1) is 11.7. The molecule has 24 heavy (non-hydrogen) atoms. The lowest BCUT2D eigenvalue weighted by Gasteiger charge is -2.21. The smallest absolute Gasteiger partial charge is 0.286 e. The van der Waals surface area contributed by atoms with Crippen molar-refractivity contribution in [1.29, 1.82) is 0 Å². The molecule has 1 aromatic heterocycles. The Labute approximate surface area is 142 Å². The van der Waals surface area contributed by atoms with Crippen molar-refractivity contribution in [3.8, 4) is 0 Å². The Hall–Kier alpha value is -2.62. The third-order valence-electron chi connectivity index (χ3n) is 4.11. The van der Waals surface area contributed by atoms with E-state index >= 15 is 0 Å². The van der Waals surface area contributed by atoms with Crippen molar-refractivity contribution in [3.63, 3.8) is 0 Å². The standard InChI is InChI=1S/C20H22N2O2/c1-15-7-9-16(10-8-15)13-18(17-5-4-11-21-14-17)22-20(23)19-6-2-3-12-24-19/h4-11,14,18H,2-3,12-13H2,1H3,(H,22,23)/t18-/m0/s1. The van der Waals surface area contributed by atoms with E-state index in [4.69, 9.17) is 4.74 Å². The average molecular weight is 322 g/mol. The van der Waals surface area contributed by atoms with Gasteiger partial charge in [-0.1, -0.05) is 35.9 Å². The molecular formula is C20H22N2O2. The monoisotopic (exact) mass is 322 g/mol. The number of aromatic nitrogens is 1. The van der Waals surface area contributed by atoms with Gasteiger partial charge in [-0.15, -0.1) is 0 Å². The maximum Gasteiger partial charge on any atom is 0.286 e. The minimum absolute atomic E-state index is 0.139. The lowest BCUT2D eigenvalue weighted by molar-refractivity contribution is -0.122.